The summed E-state index contributed by atoms with van der Waals surface area (Å²) >= 11 is 0. The molecule has 3 heterocycles. The number of hydrogen-bond donors (Lipinski definition) is 2. The number of amides is 3. The number of esters is 1. The Morgan fingerprint density at radius 2 is 1.88 bits per heavy atom. The summed E-state index contributed by atoms with van der Waals surface area (Å²) in [5, 5.41) is 12.5. The molecule has 2 aromatic carbocycles. The first-order chi connectivity index (χ1) is 23.3. The minimum absolute atomic E-state index is 0.0493. The SMILES string of the molecule is C=CCCC(=O)OC[C@@H](NC(=O)[C@@H]1[C@H]2C(=O)N(CCCCO)[C@H](C(=O)N(CC=C)c3ccc(OC)cc3)[C@]23CC[C@H]1O3)c1ccccc1. The van der Waals surface area contributed by atoms with E-state index in [1.165, 1.54) is 0 Å². The van der Waals surface area contributed by atoms with Crippen molar-refractivity contribution in [3.8, 4) is 5.75 Å². The summed E-state index contributed by atoms with van der Waals surface area (Å²) in [5.74, 6) is -2.52. The van der Waals surface area contributed by atoms with E-state index in [1.807, 2.05) is 30.3 Å². The smallest absolute Gasteiger partial charge is 0.306 e. The van der Waals surface area contributed by atoms with Crippen LogP contribution in [-0.4, -0.2) is 84.9 Å². The number of methoxy groups -OCH3 is 1. The third kappa shape index (κ3) is 6.88. The van der Waals surface area contributed by atoms with Gasteiger partial charge in [0.25, 0.3) is 5.91 Å². The van der Waals surface area contributed by atoms with Crippen molar-refractivity contribution < 1.29 is 38.5 Å². The van der Waals surface area contributed by atoms with Gasteiger partial charge >= 0.3 is 5.97 Å². The van der Waals surface area contributed by atoms with Crippen LogP contribution in [0.5, 0.6) is 5.75 Å². The maximum atomic E-state index is 14.6. The van der Waals surface area contributed by atoms with E-state index in [0.717, 1.165) is 5.56 Å². The van der Waals surface area contributed by atoms with Crippen LogP contribution in [0, 0.1) is 11.8 Å². The Balaban J connectivity index is 1.44. The number of anilines is 1. The van der Waals surface area contributed by atoms with Gasteiger partial charge in [0.2, 0.25) is 11.8 Å². The number of ether oxygens (including phenoxy) is 3. The molecular formula is C37H45N3O8. The number of likely N-dealkylation sites (tertiary alicyclic amines) is 1. The lowest BCUT2D eigenvalue weighted by Gasteiger charge is -2.37. The molecule has 11 nitrogen and oxygen atoms in total. The van der Waals surface area contributed by atoms with Crippen molar-refractivity contribution in [1.29, 1.82) is 0 Å². The Kier molecular flexibility index (Phi) is 11.3. The number of unbranched alkanes of at least 4 members (excludes halogenated alkanes) is 1. The van der Waals surface area contributed by atoms with E-state index >= 15 is 0 Å². The largest absolute Gasteiger partial charge is 0.497 e. The van der Waals surface area contributed by atoms with Crippen LogP contribution in [0.1, 0.15) is 50.1 Å². The number of aliphatic hydroxyl groups is 1. The topological polar surface area (TPSA) is 135 Å². The summed E-state index contributed by atoms with van der Waals surface area (Å²) in [6, 6.07) is 14.6. The van der Waals surface area contributed by atoms with Gasteiger partial charge in [-0.1, -0.05) is 42.5 Å². The zero-order valence-electron chi connectivity index (χ0n) is 27.4. The fraction of sp³-hybridized carbons (Fsp3) is 0.459. The lowest BCUT2D eigenvalue weighted by atomic mass is 9.70. The molecule has 2 aromatic rings. The monoisotopic (exact) mass is 659 g/mol. The molecule has 3 aliphatic heterocycles. The van der Waals surface area contributed by atoms with Crippen molar-refractivity contribution >= 4 is 29.4 Å². The minimum atomic E-state index is -1.20. The maximum Gasteiger partial charge on any atom is 0.306 e. The molecule has 11 heteroatoms. The molecule has 1 spiro atoms. The number of hydrogen-bond acceptors (Lipinski definition) is 8. The van der Waals surface area contributed by atoms with Gasteiger partial charge < -0.3 is 34.4 Å². The lowest BCUT2D eigenvalue weighted by Crippen LogP contribution is -2.56. The average Bonchev–Trinajstić information content (AvgIpc) is 3.75. The first-order valence-corrected chi connectivity index (χ1v) is 16.6. The number of rotatable bonds is 17. The van der Waals surface area contributed by atoms with Gasteiger partial charge in [0.1, 0.15) is 24.0 Å². The molecule has 3 saturated heterocycles. The quantitative estimate of drug-likeness (QED) is 0.149. The van der Waals surface area contributed by atoms with Gasteiger partial charge in [-0.3, -0.25) is 19.2 Å². The van der Waals surface area contributed by atoms with Crippen molar-refractivity contribution in [2.24, 2.45) is 11.8 Å². The zero-order chi connectivity index (χ0) is 34.3. The van der Waals surface area contributed by atoms with Crippen molar-refractivity contribution in [2.75, 3.05) is 38.3 Å². The molecule has 0 aromatic heterocycles. The third-order valence-electron chi connectivity index (χ3n) is 9.59. The predicted molar refractivity (Wildman–Crippen MR) is 179 cm³/mol. The number of carbonyl (C=O) groups excluding carboxylic acids is 4. The van der Waals surface area contributed by atoms with Gasteiger partial charge in [0.15, 0.2) is 0 Å². The van der Waals surface area contributed by atoms with E-state index in [-0.39, 0.29) is 44.5 Å². The van der Waals surface area contributed by atoms with Gasteiger partial charge in [-0.25, -0.2) is 0 Å². The molecule has 2 N–H and O–H groups in total. The predicted octanol–water partition coefficient (Wildman–Crippen LogP) is 3.73. The van der Waals surface area contributed by atoms with Crippen LogP contribution in [0.4, 0.5) is 5.69 Å². The fourth-order valence-electron chi connectivity index (χ4n) is 7.37. The molecule has 3 amide bonds. The average molecular weight is 660 g/mol. The second-order valence-corrected chi connectivity index (χ2v) is 12.4. The van der Waals surface area contributed by atoms with Crippen LogP contribution < -0.4 is 15.0 Å². The van der Waals surface area contributed by atoms with Gasteiger partial charge in [-0.15, -0.1) is 13.2 Å². The van der Waals surface area contributed by atoms with E-state index in [0.29, 0.717) is 43.5 Å². The van der Waals surface area contributed by atoms with E-state index < -0.39 is 47.5 Å². The van der Waals surface area contributed by atoms with Crippen LogP contribution in [0.25, 0.3) is 0 Å². The zero-order valence-corrected chi connectivity index (χ0v) is 27.4. The summed E-state index contributed by atoms with van der Waals surface area (Å²) < 4.78 is 17.5. The normalized spacial score (nSPS) is 24.5. The molecule has 3 fully saturated rings. The molecule has 48 heavy (non-hydrogen) atoms. The highest BCUT2D eigenvalue weighted by atomic mass is 16.5. The number of benzene rings is 2. The summed E-state index contributed by atoms with van der Waals surface area (Å²) in [4.78, 5) is 58.7. The Bertz CT molecular complexity index is 1480. The second kappa shape index (κ2) is 15.6. The second-order valence-electron chi connectivity index (χ2n) is 12.4. The Hall–Kier alpha value is -4.48. The molecule has 0 aliphatic carbocycles. The molecule has 3 aliphatic rings. The number of fused-ring (bicyclic) bond motifs is 1. The molecule has 5 rings (SSSR count). The highest BCUT2D eigenvalue weighted by Gasteiger charge is 2.74. The van der Waals surface area contributed by atoms with E-state index in [4.69, 9.17) is 14.2 Å². The summed E-state index contributed by atoms with van der Waals surface area (Å²) in [6.45, 7) is 7.79. The molecule has 0 saturated carbocycles. The molecular weight excluding hydrogens is 614 g/mol. The number of carbonyl (C=O) groups is 4. The maximum absolute atomic E-state index is 14.6. The van der Waals surface area contributed by atoms with E-state index in [1.54, 1.807) is 53.3 Å². The first kappa shape index (κ1) is 34.8. The number of allylic oxidation sites excluding steroid dienone is 1. The Morgan fingerprint density at radius 3 is 2.54 bits per heavy atom. The number of aliphatic hydroxyl groups excluding tert-OH is 1. The lowest BCUT2D eigenvalue weighted by molar-refractivity contribution is -0.146. The molecule has 6 atom stereocenters. The van der Waals surface area contributed by atoms with Crippen molar-refractivity contribution in [1.82, 2.24) is 10.2 Å². The standard InChI is InChI=1S/C37H45N3O8/c1-4-6-14-30(42)47-24-28(25-12-8-7-9-13-25)38-34(43)31-29-19-20-37(48-29)32(31)35(44)40(22-10-11-23-41)33(37)36(45)39(21-5-2)26-15-17-27(46-3)18-16-26/h4-5,7-9,12-13,15-18,28-29,31-33,41H,1-2,6,10-11,14,19-24H2,3H3,(H,38,43)/t28-,29-,31+,32+,33-,37+/m1/s1. The molecule has 0 unspecified atom stereocenters. The van der Waals surface area contributed by atoms with Gasteiger partial charge in [-0.05, 0) is 61.9 Å². The van der Waals surface area contributed by atoms with E-state index in [9.17, 15) is 24.3 Å². The van der Waals surface area contributed by atoms with E-state index in [2.05, 4.69) is 18.5 Å². The van der Waals surface area contributed by atoms with Crippen LogP contribution in [0.2, 0.25) is 0 Å². The summed E-state index contributed by atoms with van der Waals surface area (Å²) in [6.07, 6.45) is 5.24. The van der Waals surface area contributed by atoms with Gasteiger partial charge in [0, 0.05) is 31.8 Å². The van der Waals surface area contributed by atoms with Crippen LogP contribution >= 0.6 is 0 Å². The van der Waals surface area contributed by atoms with Gasteiger partial charge in [-0.2, -0.15) is 0 Å². The van der Waals surface area contributed by atoms with Crippen molar-refractivity contribution in [3.05, 3.63) is 85.5 Å². The highest BCUT2D eigenvalue weighted by molar-refractivity contribution is 6.05. The summed E-state index contributed by atoms with van der Waals surface area (Å²) in [5.41, 5.74) is 0.154. The highest BCUT2D eigenvalue weighted by Crippen LogP contribution is 2.58. The van der Waals surface area contributed by atoms with Crippen molar-refractivity contribution in [2.45, 2.75) is 62.3 Å². The van der Waals surface area contributed by atoms with Crippen LogP contribution in [0.15, 0.2) is 79.9 Å². The Labute approximate surface area is 281 Å². The Morgan fingerprint density at radius 1 is 1.12 bits per heavy atom. The number of nitrogens with zero attached hydrogens (tertiary/aromatic N) is 2. The first-order valence-electron chi connectivity index (χ1n) is 16.6. The molecule has 2 bridgehead atoms. The van der Waals surface area contributed by atoms with Crippen molar-refractivity contribution in [3.63, 3.8) is 0 Å². The van der Waals surface area contributed by atoms with Gasteiger partial charge in [0.05, 0.1) is 31.1 Å². The molecule has 256 valence electrons. The fourth-order valence-corrected chi connectivity index (χ4v) is 7.37. The van der Waals surface area contributed by atoms with Crippen LogP contribution in [0.3, 0.4) is 0 Å². The third-order valence-corrected chi connectivity index (χ3v) is 9.59. The molecule has 0 radical (unpaired) electrons. The summed E-state index contributed by atoms with van der Waals surface area (Å²) in [7, 11) is 1.56. The minimum Gasteiger partial charge on any atom is -0.497 e. The van der Waals surface area contributed by atoms with Crippen LogP contribution in [-0.2, 0) is 28.7 Å². The number of nitrogens with one attached hydrogen (secondary N) is 1.